The van der Waals surface area contributed by atoms with E-state index in [2.05, 4.69) is 32.0 Å². The first-order valence-electron chi connectivity index (χ1n) is 6.56. The van der Waals surface area contributed by atoms with Crippen LogP contribution < -0.4 is 10.5 Å². The van der Waals surface area contributed by atoms with Crippen LogP contribution in [0, 0.1) is 13.8 Å². The molecule has 1 unspecified atom stereocenters. The van der Waals surface area contributed by atoms with Crippen molar-refractivity contribution in [2.75, 3.05) is 7.11 Å². The van der Waals surface area contributed by atoms with Crippen LogP contribution in [0.25, 0.3) is 0 Å². The second-order valence-electron chi connectivity index (χ2n) is 4.98. The normalized spacial score (nSPS) is 12.2. The van der Waals surface area contributed by atoms with Gasteiger partial charge in [0.15, 0.2) is 0 Å². The maximum atomic E-state index is 6.34. The fourth-order valence-corrected chi connectivity index (χ4v) is 2.34. The van der Waals surface area contributed by atoms with Crippen molar-refractivity contribution in [2.24, 2.45) is 5.73 Å². The zero-order valence-corrected chi connectivity index (χ0v) is 11.8. The maximum absolute atomic E-state index is 6.34. The van der Waals surface area contributed by atoms with E-state index in [4.69, 9.17) is 10.5 Å². The van der Waals surface area contributed by atoms with Crippen LogP contribution >= 0.6 is 0 Å². The lowest BCUT2D eigenvalue weighted by molar-refractivity contribution is 0.405. The second-order valence-corrected chi connectivity index (χ2v) is 4.98. The van der Waals surface area contributed by atoms with Gasteiger partial charge in [0.25, 0.3) is 0 Å². The zero-order valence-electron chi connectivity index (χ0n) is 11.8. The van der Waals surface area contributed by atoms with Crippen LogP contribution in [-0.2, 0) is 6.42 Å². The third-order valence-corrected chi connectivity index (χ3v) is 3.48. The SMILES string of the molecule is COc1ccccc1C(N)Cc1cc(C)ccc1C. The minimum atomic E-state index is -0.0448. The Balaban J connectivity index is 2.25. The van der Waals surface area contributed by atoms with Crippen LogP contribution in [0.15, 0.2) is 42.5 Å². The highest BCUT2D eigenvalue weighted by Gasteiger charge is 2.13. The highest BCUT2D eigenvalue weighted by Crippen LogP contribution is 2.26. The Morgan fingerprint density at radius 2 is 1.84 bits per heavy atom. The Bertz CT molecular complexity index is 563. The molecule has 0 saturated carbocycles. The average Bonchev–Trinajstić information content (AvgIpc) is 2.42. The molecule has 0 aliphatic rings. The van der Waals surface area contributed by atoms with Gasteiger partial charge in [-0.25, -0.2) is 0 Å². The Morgan fingerprint density at radius 3 is 2.58 bits per heavy atom. The molecule has 0 amide bonds. The monoisotopic (exact) mass is 255 g/mol. The molecule has 2 N–H and O–H groups in total. The summed E-state index contributed by atoms with van der Waals surface area (Å²) in [7, 11) is 1.68. The van der Waals surface area contributed by atoms with Crippen molar-refractivity contribution in [3.05, 3.63) is 64.7 Å². The fraction of sp³-hybridized carbons (Fsp3) is 0.294. The van der Waals surface area contributed by atoms with Gasteiger partial charge in [0.05, 0.1) is 7.11 Å². The van der Waals surface area contributed by atoms with Crippen molar-refractivity contribution >= 4 is 0 Å². The third kappa shape index (κ3) is 3.15. The molecule has 2 aromatic carbocycles. The lowest BCUT2D eigenvalue weighted by atomic mass is 9.95. The number of rotatable bonds is 4. The average molecular weight is 255 g/mol. The first kappa shape index (κ1) is 13.6. The van der Waals surface area contributed by atoms with Crippen molar-refractivity contribution < 1.29 is 4.74 Å². The standard InChI is InChI=1S/C17H21NO/c1-12-8-9-13(2)14(10-12)11-16(18)15-6-4-5-7-17(15)19-3/h4-10,16H,11,18H2,1-3H3. The maximum Gasteiger partial charge on any atom is 0.123 e. The Hall–Kier alpha value is -1.80. The van der Waals surface area contributed by atoms with E-state index in [1.807, 2.05) is 24.3 Å². The summed E-state index contributed by atoms with van der Waals surface area (Å²) < 4.78 is 5.38. The minimum absolute atomic E-state index is 0.0448. The number of para-hydroxylation sites is 1. The van der Waals surface area contributed by atoms with Crippen LogP contribution in [0.1, 0.15) is 28.3 Å². The van der Waals surface area contributed by atoms with Gasteiger partial charge in [0.1, 0.15) is 5.75 Å². The van der Waals surface area contributed by atoms with E-state index in [0.29, 0.717) is 0 Å². The van der Waals surface area contributed by atoms with E-state index in [1.165, 1.54) is 16.7 Å². The molecule has 0 aliphatic heterocycles. The fourth-order valence-electron chi connectivity index (χ4n) is 2.34. The predicted molar refractivity (Wildman–Crippen MR) is 79.5 cm³/mol. The number of methoxy groups -OCH3 is 1. The smallest absolute Gasteiger partial charge is 0.123 e. The number of hydrogen-bond donors (Lipinski definition) is 1. The second kappa shape index (κ2) is 5.89. The molecule has 2 heteroatoms. The molecule has 0 spiro atoms. The molecule has 0 aliphatic carbocycles. The number of nitrogens with two attached hydrogens (primary N) is 1. The quantitative estimate of drug-likeness (QED) is 0.906. The van der Waals surface area contributed by atoms with E-state index in [9.17, 15) is 0 Å². The Kier molecular flexibility index (Phi) is 4.23. The summed E-state index contributed by atoms with van der Waals surface area (Å²) in [5.41, 5.74) is 11.3. The molecule has 0 saturated heterocycles. The summed E-state index contributed by atoms with van der Waals surface area (Å²) in [6.45, 7) is 4.24. The molecule has 19 heavy (non-hydrogen) atoms. The van der Waals surface area contributed by atoms with Crippen molar-refractivity contribution in [3.8, 4) is 5.75 Å². The van der Waals surface area contributed by atoms with E-state index in [1.54, 1.807) is 7.11 Å². The molecule has 1 atom stereocenters. The van der Waals surface area contributed by atoms with Gasteiger partial charge >= 0.3 is 0 Å². The van der Waals surface area contributed by atoms with E-state index < -0.39 is 0 Å². The molecular weight excluding hydrogens is 234 g/mol. The first-order valence-corrected chi connectivity index (χ1v) is 6.56. The zero-order chi connectivity index (χ0) is 13.8. The van der Waals surface area contributed by atoms with E-state index in [-0.39, 0.29) is 6.04 Å². The highest BCUT2D eigenvalue weighted by atomic mass is 16.5. The largest absolute Gasteiger partial charge is 0.496 e. The molecule has 0 bridgehead atoms. The van der Waals surface area contributed by atoms with Gasteiger partial charge < -0.3 is 10.5 Å². The molecule has 0 fully saturated rings. The Morgan fingerprint density at radius 1 is 1.11 bits per heavy atom. The molecular formula is C17H21NO. The molecule has 2 nitrogen and oxygen atoms in total. The Labute approximate surface area is 115 Å². The van der Waals surface area contributed by atoms with Crippen LogP contribution in [0.3, 0.4) is 0 Å². The minimum Gasteiger partial charge on any atom is -0.496 e. The number of aryl methyl sites for hydroxylation is 2. The lowest BCUT2D eigenvalue weighted by Gasteiger charge is -2.17. The van der Waals surface area contributed by atoms with Gasteiger partial charge in [0, 0.05) is 11.6 Å². The number of hydrogen-bond acceptors (Lipinski definition) is 2. The van der Waals surface area contributed by atoms with Crippen LogP contribution in [-0.4, -0.2) is 7.11 Å². The topological polar surface area (TPSA) is 35.2 Å². The molecule has 100 valence electrons. The summed E-state index contributed by atoms with van der Waals surface area (Å²) in [4.78, 5) is 0. The van der Waals surface area contributed by atoms with Crippen molar-refractivity contribution in [2.45, 2.75) is 26.3 Å². The summed E-state index contributed by atoms with van der Waals surface area (Å²) in [5.74, 6) is 0.861. The number of benzene rings is 2. The molecule has 0 aromatic heterocycles. The summed E-state index contributed by atoms with van der Waals surface area (Å²) in [6.07, 6.45) is 0.827. The van der Waals surface area contributed by atoms with Gasteiger partial charge in [-0.1, -0.05) is 42.0 Å². The number of ether oxygens (including phenoxy) is 1. The van der Waals surface area contributed by atoms with Crippen molar-refractivity contribution in [1.82, 2.24) is 0 Å². The van der Waals surface area contributed by atoms with E-state index >= 15 is 0 Å². The van der Waals surface area contributed by atoms with Crippen LogP contribution in [0.4, 0.5) is 0 Å². The van der Waals surface area contributed by atoms with Crippen molar-refractivity contribution in [1.29, 1.82) is 0 Å². The van der Waals surface area contributed by atoms with Gasteiger partial charge in [-0.15, -0.1) is 0 Å². The highest BCUT2D eigenvalue weighted by molar-refractivity contribution is 5.38. The molecule has 0 heterocycles. The molecule has 2 rings (SSSR count). The van der Waals surface area contributed by atoms with E-state index in [0.717, 1.165) is 17.7 Å². The third-order valence-electron chi connectivity index (χ3n) is 3.48. The van der Waals surface area contributed by atoms with Crippen LogP contribution in [0.2, 0.25) is 0 Å². The van der Waals surface area contributed by atoms with Gasteiger partial charge in [-0.3, -0.25) is 0 Å². The molecule has 0 radical (unpaired) electrons. The van der Waals surface area contributed by atoms with Gasteiger partial charge in [-0.05, 0) is 37.5 Å². The van der Waals surface area contributed by atoms with Gasteiger partial charge in [-0.2, -0.15) is 0 Å². The summed E-state index contributed by atoms with van der Waals surface area (Å²) in [5, 5.41) is 0. The van der Waals surface area contributed by atoms with Crippen LogP contribution in [0.5, 0.6) is 5.75 Å². The van der Waals surface area contributed by atoms with Crippen molar-refractivity contribution in [3.63, 3.8) is 0 Å². The predicted octanol–water partition coefficient (Wildman–Crippen LogP) is 3.55. The summed E-state index contributed by atoms with van der Waals surface area (Å²) in [6, 6.07) is 14.4. The van der Waals surface area contributed by atoms with Gasteiger partial charge in [0.2, 0.25) is 0 Å². The first-order chi connectivity index (χ1) is 9.11. The summed E-state index contributed by atoms with van der Waals surface area (Å²) >= 11 is 0. The lowest BCUT2D eigenvalue weighted by Crippen LogP contribution is -2.15. The molecule has 2 aromatic rings.